The lowest BCUT2D eigenvalue weighted by molar-refractivity contribution is -0.147. The number of hydrogen-bond donors (Lipinski definition) is 3. The molecule has 7 nitrogen and oxygen atoms in total. The van der Waals surface area contributed by atoms with Crippen LogP contribution in [0.25, 0.3) is 0 Å². The summed E-state index contributed by atoms with van der Waals surface area (Å²) in [6.45, 7) is 1.83. The molecular weight excluding hydrogens is 320 g/mol. The fraction of sp³-hybridized carbons (Fsp3) is 0.333. The SMILES string of the molecule is Cc1ccc(S(=O)(=O)NNC(=O)[C@H]2CC=CC[C@@H]2C(=O)O)cc1. The van der Waals surface area contributed by atoms with Gasteiger partial charge in [-0.25, -0.2) is 8.42 Å². The van der Waals surface area contributed by atoms with E-state index in [1.807, 2.05) is 11.8 Å². The monoisotopic (exact) mass is 338 g/mol. The zero-order valence-corrected chi connectivity index (χ0v) is 13.3. The third-order valence-electron chi connectivity index (χ3n) is 3.73. The van der Waals surface area contributed by atoms with Crippen LogP contribution in [-0.4, -0.2) is 25.4 Å². The quantitative estimate of drug-likeness (QED) is 0.547. The van der Waals surface area contributed by atoms with Crippen molar-refractivity contribution in [3.63, 3.8) is 0 Å². The lowest BCUT2D eigenvalue weighted by Crippen LogP contribution is -2.47. The van der Waals surface area contributed by atoms with Gasteiger partial charge in [-0.2, -0.15) is 0 Å². The van der Waals surface area contributed by atoms with Gasteiger partial charge in [0.05, 0.1) is 16.7 Å². The number of carboxylic acid groups (broad SMARTS) is 1. The number of aliphatic carboxylic acids is 1. The van der Waals surface area contributed by atoms with Crippen molar-refractivity contribution < 1.29 is 23.1 Å². The van der Waals surface area contributed by atoms with Gasteiger partial charge in [0.15, 0.2) is 0 Å². The van der Waals surface area contributed by atoms with E-state index in [0.717, 1.165) is 5.56 Å². The molecule has 0 aliphatic heterocycles. The summed E-state index contributed by atoms with van der Waals surface area (Å²) in [6, 6.07) is 6.13. The molecule has 1 aliphatic carbocycles. The first-order valence-electron chi connectivity index (χ1n) is 7.07. The molecule has 0 aromatic heterocycles. The van der Waals surface area contributed by atoms with Gasteiger partial charge < -0.3 is 5.11 Å². The van der Waals surface area contributed by atoms with E-state index in [2.05, 4.69) is 5.43 Å². The van der Waals surface area contributed by atoms with Crippen molar-refractivity contribution in [3.8, 4) is 0 Å². The fourth-order valence-electron chi connectivity index (χ4n) is 2.36. The molecular formula is C15H18N2O5S. The highest BCUT2D eigenvalue weighted by molar-refractivity contribution is 7.89. The third-order valence-corrected chi connectivity index (χ3v) is 4.99. The molecule has 0 saturated carbocycles. The number of carboxylic acids is 1. The Morgan fingerprint density at radius 1 is 1.09 bits per heavy atom. The predicted molar refractivity (Wildman–Crippen MR) is 82.6 cm³/mol. The van der Waals surface area contributed by atoms with E-state index in [9.17, 15) is 18.0 Å². The van der Waals surface area contributed by atoms with E-state index in [1.54, 1.807) is 24.3 Å². The molecule has 0 spiro atoms. The Bertz CT molecular complexity index is 725. The van der Waals surface area contributed by atoms with Crippen LogP contribution < -0.4 is 10.3 Å². The van der Waals surface area contributed by atoms with Crippen LogP contribution in [0.15, 0.2) is 41.3 Å². The molecule has 1 amide bonds. The molecule has 8 heteroatoms. The number of amides is 1. The summed E-state index contributed by atoms with van der Waals surface area (Å²) in [5.74, 6) is -3.39. The van der Waals surface area contributed by atoms with Gasteiger partial charge >= 0.3 is 5.97 Å². The van der Waals surface area contributed by atoms with Gasteiger partial charge in [0.25, 0.3) is 10.0 Å². The summed E-state index contributed by atoms with van der Waals surface area (Å²) in [5.41, 5.74) is 3.03. The molecule has 23 heavy (non-hydrogen) atoms. The van der Waals surface area contributed by atoms with Crippen molar-refractivity contribution in [2.75, 3.05) is 0 Å². The maximum atomic E-state index is 12.1. The molecule has 124 valence electrons. The maximum absolute atomic E-state index is 12.1. The van der Waals surface area contributed by atoms with Crippen molar-refractivity contribution in [2.45, 2.75) is 24.7 Å². The maximum Gasteiger partial charge on any atom is 0.307 e. The van der Waals surface area contributed by atoms with Gasteiger partial charge in [0, 0.05) is 0 Å². The van der Waals surface area contributed by atoms with Crippen molar-refractivity contribution in [2.24, 2.45) is 11.8 Å². The van der Waals surface area contributed by atoms with Crippen LogP contribution in [-0.2, 0) is 19.6 Å². The minimum absolute atomic E-state index is 0.0155. The summed E-state index contributed by atoms with van der Waals surface area (Å²) in [5, 5.41) is 9.14. The summed E-state index contributed by atoms with van der Waals surface area (Å²) in [7, 11) is -3.90. The number of benzene rings is 1. The number of hydrogen-bond acceptors (Lipinski definition) is 4. The van der Waals surface area contributed by atoms with Crippen molar-refractivity contribution in [1.29, 1.82) is 0 Å². The zero-order valence-electron chi connectivity index (χ0n) is 12.5. The molecule has 0 unspecified atom stereocenters. The normalized spacial score (nSPS) is 20.9. The molecule has 0 fully saturated rings. The standard InChI is InChI=1S/C15H18N2O5S/c1-10-6-8-11(9-7-10)23(21,22)17-16-14(18)12-4-2-3-5-13(12)15(19)20/h2-3,6-9,12-13,17H,4-5H2,1H3,(H,16,18)(H,19,20)/t12-,13-/m0/s1. The Kier molecular flexibility index (Phi) is 5.17. The molecule has 0 heterocycles. The number of allylic oxidation sites excluding steroid dienone is 2. The molecule has 0 bridgehead atoms. The van der Waals surface area contributed by atoms with E-state index in [-0.39, 0.29) is 17.7 Å². The summed E-state index contributed by atoms with van der Waals surface area (Å²) >= 11 is 0. The van der Waals surface area contributed by atoms with Crippen LogP contribution in [0, 0.1) is 18.8 Å². The average molecular weight is 338 g/mol. The minimum Gasteiger partial charge on any atom is -0.481 e. The number of hydrazine groups is 1. The Balaban J connectivity index is 2.04. The van der Waals surface area contributed by atoms with Crippen LogP contribution in [0.4, 0.5) is 0 Å². The lowest BCUT2D eigenvalue weighted by atomic mass is 9.82. The van der Waals surface area contributed by atoms with Crippen molar-refractivity contribution in [3.05, 3.63) is 42.0 Å². The second-order valence-corrected chi connectivity index (χ2v) is 7.08. The highest BCUT2D eigenvalue weighted by Gasteiger charge is 2.34. The Labute approximate surface area is 134 Å². The second-order valence-electron chi connectivity index (χ2n) is 5.40. The summed E-state index contributed by atoms with van der Waals surface area (Å²) in [6.07, 6.45) is 3.93. The van der Waals surface area contributed by atoms with Gasteiger partial charge in [-0.15, -0.1) is 4.83 Å². The Hall–Kier alpha value is -2.19. The summed E-state index contributed by atoms with van der Waals surface area (Å²) < 4.78 is 24.2. The van der Waals surface area contributed by atoms with Crippen LogP contribution in [0.5, 0.6) is 0 Å². The molecule has 3 N–H and O–H groups in total. The molecule has 0 saturated heterocycles. The van der Waals surface area contributed by atoms with Gasteiger partial charge in [-0.1, -0.05) is 29.8 Å². The number of sulfonamides is 1. The largest absolute Gasteiger partial charge is 0.481 e. The van der Waals surface area contributed by atoms with Crippen LogP contribution in [0.2, 0.25) is 0 Å². The molecule has 2 atom stereocenters. The van der Waals surface area contributed by atoms with E-state index >= 15 is 0 Å². The van der Waals surface area contributed by atoms with Crippen LogP contribution in [0.3, 0.4) is 0 Å². The van der Waals surface area contributed by atoms with Crippen molar-refractivity contribution >= 4 is 21.9 Å². The van der Waals surface area contributed by atoms with Crippen LogP contribution in [0.1, 0.15) is 18.4 Å². The topological polar surface area (TPSA) is 113 Å². The molecule has 1 aromatic rings. The first kappa shape index (κ1) is 17.2. The first-order chi connectivity index (χ1) is 10.8. The number of carbonyl (C=O) groups is 2. The van der Waals surface area contributed by atoms with Crippen molar-refractivity contribution in [1.82, 2.24) is 10.3 Å². The van der Waals surface area contributed by atoms with E-state index in [1.165, 1.54) is 12.1 Å². The Morgan fingerprint density at radius 3 is 2.22 bits per heavy atom. The van der Waals surface area contributed by atoms with E-state index < -0.39 is 33.7 Å². The number of rotatable bonds is 5. The lowest BCUT2D eigenvalue weighted by Gasteiger charge is -2.24. The zero-order chi connectivity index (χ0) is 17.0. The first-order valence-corrected chi connectivity index (χ1v) is 8.55. The molecule has 1 aliphatic rings. The summed E-state index contributed by atoms with van der Waals surface area (Å²) in [4.78, 5) is 25.3. The number of aryl methyl sites for hydroxylation is 1. The van der Waals surface area contributed by atoms with Gasteiger partial charge in [-0.3, -0.25) is 15.0 Å². The predicted octanol–water partition coefficient (Wildman–Crippen LogP) is 0.972. The molecule has 2 rings (SSSR count). The van der Waals surface area contributed by atoms with Crippen LogP contribution >= 0.6 is 0 Å². The van der Waals surface area contributed by atoms with Gasteiger partial charge in [0.1, 0.15) is 0 Å². The molecule has 0 radical (unpaired) electrons. The van der Waals surface area contributed by atoms with E-state index in [4.69, 9.17) is 5.11 Å². The van der Waals surface area contributed by atoms with Gasteiger partial charge in [-0.05, 0) is 31.9 Å². The van der Waals surface area contributed by atoms with Gasteiger partial charge in [0.2, 0.25) is 5.91 Å². The van der Waals surface area contributed by atoms with E-state index in [0.29, 0.717) is 0 Å². The molecule has 1 aromatic carbocycles. The smallest absolute Gasteiger partial charge is 0.307 e. The third kappa shape index (κ3) is 4.17. The highest BCUT2D eigenvalue weighted by Crippen LogP contribution is 2.25. The second kappa shape index (κ2) is 6.93. The fourth-order valence-corrected chi connectivity index (χ4v) is 3.21. The average Bonchev–Trinajstić information content (AvgIpc) is 2.53. The highest BCUT2D eigenvalue weighted by atomic mass is 32.2. The number of nitrogens with one attached hydrogen (secondary N) is 2. The minimum atomic E-state index is -3.90. The number of carbonyl (C=O) groups excluding carboxylic acids is 1. The Morgan fingerprint density at radius 2 is 1.65 bits per heavy atom.